The van der Waals surface area contributed by atoms with Crippen molar-refractivity contribution < 1.29 is 9.13 Å². The molecule has 4 heteroatoms. The van der Waals surface area contributed by atoms with Crippen LogP contribution in [0, 0.1) is 17.1 Å². The van der Waals surface area contributed by atoms with E-state index in [-0.39, 0.29) is 5.82 Å². The molecule has 110 valence electrons. The third kappa shape index (κ3) is 2.53. The Morgan fingerprint density at radius 3 is 2.77 bits per heavy atom. The summed E-state index contributed by atoms with van der Waals surface area (Å²) in [6.07, 6.45) is 0.609. The SMILES string of the molecule is CCC(C#N)=C1c2ccc(Br)cc2COc2cc(F)ccc21. The van der Waals surface area contributed by atoms with E-state index in [2.05, 4.69) is 22.0 Å². The summed E-state index contributed by atoms with van der Waals surface area (Å²) in [6, 6.07) is 12.6. The summed E-state index contributed by atoms with van der Waals surface area (Å²) in [6.45, 7) is 2.29. The van der Waals surface area contributed by atoms with Gasteiger partial charge in [-0.25, -0.2) is 4.39 Å². The van der Waals surface area contributed by atoms with Gasteiger partial charge in [0.2, 0.25) is 0 Å². The van der Waals surface area contributed by atoms with Crippen LogP contribution in [0.4, 0.5) is 4.39 Å². The summed E-state index contributed by atoms with van der Waals surface area (Å²) in [5.74, 6) is 0.128. The molecule has 2 aromatic carbocycles. The Morgan fingerprint density at radius 1 is 1.27 bits per heavy atom. The van der Waals surface area contributed by atoms with Crippen molar-refractivity contribution in [1.29, 1.82) is 5.26 Å². The smallest absolute Gasteiger partial charge is 0.130 e. The van der Waals surface area contributed by atoms with Crippen LogP contribution < -0.4 is 4.74 Å². The molecule has 0 aromatic heterocycles. The minimum Gasteiger partial charge on any atom is -0.488 e. The van der Waals surface area contributed by atoms with Crippen LogP contribution in [0.15, 0.2) is 46.4 Å². The number of rotatable bonds is 1. The zero-order valence-electron chi connectivity index (χ0n) is 12.0. The normalized spacial score (nSPS) is 15.0. The summed E-state index contributed by atoms with van der Waals surface area (Å²) in [4.78, 5) is 0. The molecule has 0 atom stereocenters. The maximum absolute atomic E-state index is 13.5. The van der Waals surface area contributed by atoms with Gasteiger partial charge in [-0.1, -0.05) is 28.9 Å². The molecule has 0 unspecified atom stereocenters. The molecule has 0 saturated carbocycles. The van der Waals surface area contributed by atoms with E-state index in [1.165, 1.54) is 12.1 Å². The van der Waals surface area contributed by atoms with Crippen molar-refractivity contribution in [3.63, 3.8) is 0 Å². The van der Waals surface area contributed by atoms with E-state index >= 15 is 0 Å². The number of benzene rings is 2. The maximum Gasteiger partial charge on any atom is 0.130 e. The fourth-order valence-electron chi connectivity index (χ4n) is 2.69. The highest BCUT2D eigenvalue weighted by molar-refractivity contribution is 9.10. The third-order valence-corrected chi connectivity index (χ3v) is 4.22. The summed E-state index contributed by atoms with van der Waals surface area (Å²) < 4.78 is 20.3. The van der Waals surface area contributed by atoms with Gasteiger partial charge in [0.1, 0.15) is 18.2 Å². The van der Waals surface area contributed by atoms with Crippen LogP contribution in [0.2, 0.25) is 0 Å². The molecule has 22 heavy (non-hydrogen) atoms. The van der Waals surface area contributed by atoms with E-state index in [1.54, 1.807) is 6.07 Å². The number of nitrogens with zero attached hydrogens (tertiary/aromatic N) is 1. The van der Waals surface area contributed by atoms with Gasteiger partial charge in [0.05, 0.1) is 6.07 Å². The van der Waals surface area contributed by atoms with Gasteiger partial charge in [0.25, 0.3) is 0 Å². The monoisotopic (exact) mass is 357 g/mol. The maximum atomic E-state index is 13.5. The molecule has 0 bridgehead atoms. The Labute approximate surface area is 137 Å². The van der Waals surface area contributed by atoms with Crippen molar-refractivity contribution in [2.75, 3.05) is 0 Å². The highest BCUT2D eigenvalue weighted by Crippen LogP contribution is 2.40. The Bertz CT molecular complexity index is 765. The number of halogens is 2. The highest BCUT2D eigenvalue weighted by Gasteiger charge is 2.22. The fraction of sp³-hybridized carbons (Fsp3) is 0.167. The quantitative estimate of drug-likeness (QED) is 0.655. The second kappa shape index (κ2) is 5.94. The molecule has 0 saturated heterocycles. The largest absolute Gasteiger partial charge is 0.488 e. The molecule has 0 spiro atoms. The molecule has 0 N–H and O–H groups in total. The average molecular weight is 358 g/mol. The topological polar surface area (TPSA) is 33.0 Å². The highest BCUT2D eigenvalue weighted by atomic mass is 79.9. The molecule has 0 radical (unpaired) electrons. The zero-order chi connectivity index (χ0) is 15.7. The van der Waals surface area contributed by atoms with Gasteiger partial charge in [-0.2, -0.15) is 5.26 Å². The van der Waals surface area contributed by atoms with Gasteiger partial charge in [0.15, 0.2) is 0 Å². The van der Waals surface area contributed by atoms with Gasteiger partial charge in [0, 0.05) is 27.2 Å². The van der Waals surface area contributed by atoms with Gasteiger partial charge < -0.3 is 4.74 Å². The van der Waals surface area contributed by atoms with Gasteiger partial charge in [-0.15, -0.1) is 0 Å². The lowest BCUT2D eigenvalue weighted by Crippen LogP contribution is -1.96. The van der Waals surface area contributed by atoms with Crippen molar-refractivity contribution >= 4 is 21.5 Å². The Morgan fingerprint density at radius 2 is 2.05 bits per heavy atom. The molecule has 1 heterocycles. The van der Waals surface area contributed by atoms with Crippen LogP contribution in [0.25, 0.3) is 5.57 Å². The summed E-state index contributed by atoms with van der Waals surface area (Å²) in [5.41, 5.74) is 4.21. The molecule has 1 aliphatic rings. The van der Waals surface area contributed by atoms with Crippen molar-refractivity contribution in [1.82, 2.24) is 0 Å². The first-order chi connectivity index (χ1) is 10.6. The van der Waals surface area contributed by atoms with Crippen LogP contribution in [0.1, 0.15) is 30.0 Å². The van der Waals surface area contributed by atoms with E-state index in [1.807, 2.05) is 25.1 Å². The number of hydrogen-bond donors (Lipinski definition) is 0. The van der Waals surface area contributed by atoms with E-state index < -0.39 is 0 Å². The molecular weight excluding hydrogens is 345 g/mol. The average Bonchev–Trinajstić information content (AvgIpc) is 2.66. The van der Waals surface area contributed by atoms with Gasteiger partial charge in [-0.05, 0) is 41.8 Å². The Hall–Kier alpha value is -2.12. The van der Waals surface area contributed by atoms with Crippen LogP contribution in [0.3, 0.4) is 0 Å². The van der Waals surface area contributed by atoms with E-state index in [0.717, 1.165) is 26.7 Å². The molecule has 0 fully saturated rings. The van der Waals surface area contributed by atoms with Crippen LogP contribution in [-0.2, 0) is 6.61 Å². The van der Waals surface area contributed by atoms with Crippen molar-refractivity contribution in [2.45, 2.75) is 20.0 Å². The van der Waals surface area contributed by atoms with E-state index in [9.17, 15) is 9.65 Å². The predicted octanol–water partition coefficient (Wildman–Crippen LogP) is 5.22. The lowest BCUT2D eigenvalue weighted by atomic mass is 9.90. The molecule has 2 aromatic rings. The summed E-state index contributed by atoms with van der Waals surface area (Å²) in [7, 11) is 0. The fourth-order valence-corrected chi connectivity index (χ4v) is 3.09. The predicted molar refractivity (Wildman–Crippen MR) is 86.8 cm³/mol. The van der Waals surface area contributed by atoms with Gasteiger partial charge in [-0.3, -0.25) is 0 Å². The molecule has 3 rings (SSSR count). The first kappa shape index (κ1) is 14.8. The standard InChI is InChI=1S/C18H13BrFNO/c1-2-11(9-21)18-15-5-3-13(19)7-12(15)10-22-17-8-14(20)4-6-16(17)18/h3-8H,2,10H2,1H3. The zero-order valence-corrected chi connectivity index (χ0v) is 13.6. The minimum absolute atomic E-state index is 0.344. The molecule has 1 aliphatic heterocycles. The van der Waals surface area contributed by atoms with Crippen molar-refractivity contribution in [3.8, 4) is 11.8 Å². The number of nitriles is 1. The molecular formula is C18H13BrFNO. The second-order valence-corrected chi connectivity index (χ2v) is 5.97. The number of ether oxygens (including phenoxy) is 1. The first-order valence-electron chi connectivity index (χ1n) is 6.98. The lowest BCUT2D eigenvalue weighted by molar-refractivity contribution is 0.305. The van der Waals surface area contributed by atoms with Crippen molar-refractivity contribution in [2.24, 2.45) is 0 Å². The van der Waals surface area contributed by atoms with Crippen LogP contribution in [-0.4, -0.2) is 0 Å². The van der Waals surface area contributed by atoms with Crippen LogP contribution >= 0.6 is 15.9 Å². The minimum atomic E-state index is -0.347. The first-order valence-corrected chi connectivity index (χ1v) is 7.78. The second-order valence-electron chi connectivity index (χ2n) is 5.05. The van der Waals surface area contributed by atoms with E-state index in [4.69, 9.17) is 4.74 Å². The summed E-state index contributed by atoms with van der Waals surface area (Å²) in [5, 5.41) is 9.50. The number of hydrogen-bond acceptors (Lipinski definition) is 2. The van der Waals surface area contributed by atoms with Gasteiger partial charge >= 0.3 is 0 Å². The Kier molecular flexibility index (Phi) is 4.00. The third-order valence-electron chi connectivity index (χ3n) is 3.72. The summed E-state index contributed by atoms with van der Waals surface area (Å²) >= 11 is 3.46. The number of allylic oxidation sites excluding steroid dienone is 1. The molecule has 2 nitrogen and oxygen atoms in total. The van der Waals surface area contributed by atoms with E-state index in [0.29, 0.717) is 24.4 Å². The molecule has 0 aliphatic carbocycles. The Balaban J connectivity index is 2.36. The van der Waals surface area contributed by atoms with Crippen LogP contribution in [0.5, 0.6) is 5.75 Å². The number of fused-ring (bicyclic) bond motifs is 2. The van der Waals surface area contributed by atoms with Crippen molar-refractivity contribution in [3.05, 3.63) is 69.0 Å². The molecule has 0 amide bonds. The lowest BCUT2D eigenvalue weighted by Gasteiger charge is -2.12.